The summed E-state index contributed by atoms with van der Waals surface area (Å²) in [7, 11) is 1.85. The second-order valence-corrected chi connectivity index (χ2v) is 6.89. The Morgan fingerprint density at radius 2 is 1.71 bits per heavy atom. The van der Waals surface area contributed by atoms with Gasteiger partial charge in [0, 0.05) is 13.6 Å². The van der Waals surface area contributed by atoms with Crippen molar-refractivity contribution in [3.8, 4) is 0 Å². The van der Waals surface area contributed by atoms with Crippen LogP contribution in [0.25, 0.3) is 0 Å². The molecule has 0 aliphatic heterocycles. The number of rotatable bonds is 4. The molecule has 114 valence electrons. The van der Waals surface area contributed by atoms with E-state index in [1.54, 1.807) is 4.90 Å². The van der Waals surface area contributed by atoms with E-state index in [4.69, 9.17) is 0 Å². The molecule has 2 aliphatic carbocycles. The van der Waals surface area contributed by atoms with Crippen molar-refractivity contribution in [1.82, 2.24) is 4.90 Å². The van der Waals surface area contributed by atoms with Crippen LogP contribution in [0.15, 0.2) is 30.3 Å². The summed E-state index contributed by atoms with van der Waals surface area (Å²) in [6.07, 6.45) is 6.76. The van der Waals surface area contributed by atoms with E-state index >= 15 is 0 Å². The molecule has 0 aromatic heterocycles. The van der Waals surface area contributed by atoms with Crippen LogP contribution in [0.1, 0.15) is 50.5 Å². The molecule has 3 heteroatoms. The number of amides is 1. The molecule has 0 spiro atoms. The van der Waals surface area contributed by atoms with Crippen LogP contribution in [0, 0.1) is 0 Å². The van der Waals surface area contributed by atoms with Crippen LogP contribution in [0.4, 0.5) is 0 Å². The van der Waals surface area contributed by atoms with E-state index in [2.05, 4.69) is 12.1 Å². The molecule has 3 rings (SSSR count). The third-order valence-electron chi connectivity index (χ3n) is 5.36. The Balaban J connectivity index is 1.76. The van der Waals surface area contributed by atoms with E-state index in [0.29, 0.717) is 6.54 Å². The predicted molar refractivity (Wildman–Crippen MR) is 83.0 cm³/mol. The lowest BCUT2D eigenvalue weighted by atomic mass is 9.63. The molecule has 0 atom stereocenters. The number of nitrogens with zero attached hydrogens (tertiary/aromatic N) is 1. The van der Waals surface area contributed by atoms with Gasteiger partial charge in [0.05, 0.1) is 11.0 Å². The van der Waals surface area contributed by atoms with Gasteiger partial charge in [-0.25, -0.2) is 0 Å². The molecule has 0 bridgehead atoms. The van der Waals surface area contributed by atoms with Crippen LogP contribution >= 0.6 is 0 Å². The Hall–Kier alpha value is -1.35. The molecule has 0 saturated heterocycles. The number of likely N-dealkylation sites (N-methyl/N-ethyl adjacent to an activating group) is 1. The zero-order chi connectivity index (χ0) is 14.9. The number of benzene rings is 1. The lowest BCUT2D eigenvalue weighted by Gasteiger charge is -2.44. The molecular weight excluding hydrogens is 262 g/mol. The third kappa shape index (κ3) is 2.59. The van der Waals surface area contributed by atoms with E-state index in [1.165, 1.54) is 0 Å². The van der Waals surface area contributed by atoms with Crippen LogP contribution < -0.4 is 0 Å². The van der Waals surface area contributed by atoms with Gasteiger partial charge in [0.25, 0.3) is 0 Å². The molecule has 2 fully saturated rings. The molecule has 2 aliphatic rings. The van der Waals surface area contributed by atoms with Crippen molar-refractivity contribution < 1.29 is 9.90 Å². The van der Waals surface area contributed by atoms with Crippen molar-refractivity contribution >= 4 is 5.91 Å². The molecule has 21 heavy (non-hydrogen) atoms. The SMILES string of the molecule is CN(CC1(O)CCCC1)C(=O)C1(c2ccccc2)CCC1. The molecule has 0 radical (unpaired) electrons. The maximum Gasteiger partial charge on any atom is 0.233 e. The minimum Gasteiger partial charge on any atom is -0.388 e. The normalized spacial score (nSPS) is 22.6. The van der Waals surface area contributed by atoms with Crippen molar-refractivity contribution in [2.24, 2.45) is 0 Å². The second-order valence-electron chi connectivity index (χ2n) is 6.89. The average Bonchev–Trinajstić information content (AvgIpc) is 2.85. The summed E-state index contributed by atoms with van der Waals surface area (Å²) in [4.78, 5) is 14.8. The fraction of sp³-hybridized carbons (Fsp3) is 0.611. The third-order valence-corrected chi connectivity index (χ3v) is 5.36. The summed E-state index contributed by atoms with van der Waals surface area (Å²) < 4.78 is 0. The Labute approximate surface area is 127 Å². The first-order valence-electron chi connectivity index (χ1n) is 8.09. The largest absolute Gasteiger partial charge is 0.388 e. The van der Waals surface area contributed by atoms with E-state index in [9.17, 15) is 9.90 Å². The van der Waals surface area contributed by atoms with Gasteiger partial charge in [-0.2, -0.15) is 0 Å². The van der Waals surface area contributed by atoms with Gasteiger partial charge in [0.2, 0.25) is 5.91 Å². The minimum absolute atomic E-state index is 0.181. The first-order chi connectivity index (χ1) is 10.1. The van der Waals surface area contributed by atoms with Crippen molar-refractivity contribution in [3.05, 3.63) is 35.9 Å². The van der Waals surface area contributed by atoms with Crippen LogP contribution in [0.3, 0.4) is 0 Å². The first-order valence-corrected chi connectivity index (χ1v) is 8.09. The maximum absolute atomic E-state index is 13.0. The fourth-order valence-corrected chi connectivity index (χ4v) is 3.98. The number of carbonyl (C=O) groups excluding carboxylic acids is 1. The summed E-state index contributed by atoms with van der Waals surface area (Å²) in [5.74, 6) is 0.181. The lowest BCUT2D eigenvalue weighted by Crippen LogP contribution is -2.53. The van der Waals surface area contributed by atoms with Crippen LogP contribution in [-0.2, 0) is 10.2 Å². The van der Waals surface area contributed by atoms with E-state index in [0.717, 1.165) is 50.5 Å². The smallest absolute Gasteiger partial charge is 0.233 e. The summed E-state index contributed by atoms with van der Waals surface area (Å²) in [5, 5.41) is 10.5. The quantitative estimate of drug-likeness (QED) is 0.925. The van der Waals surface area contributed by atoms with Crippen LogP contribution in [-0.4, -0.2) is 35.1 Å². The summed E-state index contributed by atoms with van der Waals surface area (Å²) >= 11 is 0. The van der Waals surface area contributed by atoms with Gasteiger partial charge >= 0.3 is 0 Å². The number of hydrogen-bond donors (Lipinski definition) is 1. The zero-order valence-corrected chi connectivity index (χ0v) is 12.8. The summed E-state index contributed by atoms with van der Waals surface area (Å²) in [5.41, 5.74) is 0.128. The Kier molecular flexibility index (Phi) is 3.78. The van der Waals surface area contributed by atoms with Crippen LogP contribution in [0.2, 0.25) is 0 Å². The molecule has 2 saturated carbocycles. The van der Waals surface area contributed by atoms with Crippen molar-refractivity contribution in [3.63, 3.8) is 0 Å². The first kappa shape index (κ1) is 14.6. The topological polar surface area (TPSA) is 40.5 Å². The highest BCUT2D eigenvalue weighted by molar-refractivity contribution is 5.89. The minimum atomic E-state index is -0.661. The van der Waals surface area contributed by atoms with Gasteiger partial charge in [-0.3, -0.25) is 4.79 Å². The summed E-state index contributed by atoms with van der Waals surface area (Å²) in [6, 6.07) is 10.1. The highest BCUT2D eigenvalue weighted by Gasteiger charge is 2.48. The van der Waals surface area contributed by atoms with Crippen molar-refractivity contribution in [2.75, 3.05) is 13.6 Å². The van der Waals surface area contributed by atoms with Crippen molar-refractivity contribution in [1.29, 1.82) is 0 Å². The van der Waals surface area contributed by atoms with Crippen LogP contribution in [0.5, 0.6) is 0 Å². The lowest BCUT2D eigenvalue weighted by molar-refractivity contribution is -0.142. The number of carbonyl (C=O) groups is 1. The molecule has 1 N–H and O–H groups in total. The van der Waals surface area contributed by atoms with Gasteiger partial charge in [-0.05, 0) is 31.2 Å². The standard InChI is InChI=1S/C18H25NO2/c1-19(14-17(21)10-5-6-11-17)16(20)18(12-7-13-18)15-8-3-2-4-9-15/h2-4,8-9,21H,5-7,10-14H2,1H3. The summed E-state index contributed by atoms with van der Waals surface area (Å²) in [6.45, 7) is 0.473. The Morgan fingerprint density at radius 3 is 2.24 bits per heavy atom. The average molecular weight is 287 g/mol. The molecule has 1 aromatic carbocycles. The Bertz CT molecular complexity index is 501. The van der Waals surface area contributed by atoms with Gasteiger partial charge < -0.3 is 10.0 Å². The second kappa shape index (κ2) is 5.45. The monoisotopic (exact) mass is 287 g/mol. The fourth-order valence-electron chi connectivity index (χ4n) is 3.98. The van der Waals surface area contributed by atoms with Crippen molar-refractivity contribution in [2.45, 2.75) is 56.0 Å². The van der Waals surface area contributed by atoms with E-state index in [1.807, 2.05) is 25.2 Å². The Morgan fingerprint density at radius 1 is 1.10 bits per heavy atom. The van der Waals surface area contributed by atoms with E-state index < -0.39 is 5.60 Å². The highest BCUT2D eigenvalue weighted by Crippen LogP contribution is 2.45. The number of aliphatic hydroxyl groups is 1. The maximum atomic E-state index is 13.0. The molecule has 1 amide bonds. The molecule has 0 unspecified atom stereocenters. The molecule has 0 heterocycles. The van der Waals surface area contributed by atoms with Gasteiger partial charge in [0.1, 0.15) is 0 Å². The molecule has 3 nitrogen and oxygen atoms in total. The van der Waals surface area contributed by atoms with Gasteiger partial charge in [-0.1, -0.05) is 49.6 Å². The number of hydrogen-bond acceptors (Lipinski definition) is 2. The van der Waals surface area contributed by atoms with Gasteiger partial charge in [-0.15, -0.1) is 0 Å². The highest BCUT2D eigenvalue weighted by atomic mass is 16.3. The predicted octanol–water partition coefficient (Wildman–Crippen LogP) is 2.87. The molecular formula is C18H25NO2. The van der Waals surface area contributed by atoms with Gasteiger partial charge in [0.15, 0.2) is 0 Å². The molecule has 1 aromatic rings. The van der Waals surface area contributed by atoms with E-state index in [-0.39, 0.29) is 11.3 Å². The zero-order valence-electron chi connectivity index (χ0n) is 12.8.